The Morgan fingerprint density at radius 3 is 1.36 bits per heavy atom. The predicted octanol–water partition coefficient (Wildman–Crippen LogP) is 19.7. The van der Waals surface area contributed by atoms with Gasteiger partial charge in [0, 0.05) is 0 Å². The van der Waals surface area contributed by atoms with E-state index in [-0.39, 0.29) is 0 Å². The SMILES string of the molecule is CCCCCCCCCCCC=CCCc1ccccc1C(=CC(=C=[N+]=[N-])CCCCCCCCCCCCCCCCCCCCCCCC)c1ccc(CCCC)cc1. The maximum absolute atomic E-state index is 9.68. The van der Waals surface area contributed by atoms with E-state index in [0.29, 0.717) is 0 Å². The molecule has 0 heterocycles. The fourth-order valence-corrected chi connectivity index (χ4v) is 8.92. The lowest BCUT2D eigenvalue weighted by Gasteiger charge is -2.15. The molecule has 2 rings (SSSR count). The summed E-state index contributed by atoms with van der Waals surface area (Å²) in [7, 11) is 0. The van der Waals surface area contributed by atoms with E-state index in [9.17, 15) is 5.53 Å². The summed E-state index contributed by atoms with van der Waals surface area (Å²) in [5.74, 6) is 2.98. The number of rotatable bonds is 42. The highest BCUT2D eigenvalue weighted by atomic mass is 14.8. The highest BCUT2D eigenvalue weighted by Crippen LogP contribution is 2.30. The molecule has 2 aromatic rings. The van der Waals surface area contributed by atoms with Crippen molar-refractivity contribution < 1.29 is 4.79 Å². The molecule has 0 amide bonds. The second-order valence-electron chi connectivity index (χ2n) is 18.6. The number of hydrogen-bond acceptors (Lipinski definition) is 0. The van der Waals surface area contributed by atoms with Gasteiger partial charge in [-0.2, -0.15) is 0 Å². The molecule has 0 atom stereocenters. The van der Waals surface area contributed by atoms with Crippen LogP contribution in [0.1, 0.15) is 274 Å². The Bertz CT molecular complexity index is 1430. The number of nitrogens with zero attached hydrogens (tertiary/aromatic N) is 2. The van der Waals surface area contributed by atoms with Crippen LogP contribution in [-0.2, 0) is 12.8 Å². The highest BCUT2D eigenvalue weighted by molar-refractivity contribution is 5.84. The minimum atomic E-state index is 0.880. The van der Waals surface area contributed by atoms with Crippen molar-refractivity contribution >= 4 is 11.4 Å². The van der Waals surface area contributed by atoms with Gasteiger partial charge in [-0.15, -0.1) is 4.79 Å². The second kappa shape index (κ2) is 41.1. The first-order chi connectivity index (χ1) is 30.2. The van der Waals surface area contributed by atoms with Crippen molar-refractivity contribution in [1.82, 2.24) is 0 Å². The van der Waals surface area contributed by atoms with E-state index in [1.807, 2.05) is 0 Å². The topological polar surface area (TPSA) is 36.4 Å². The standard InChI is InChI=1S/C59H96N2/c1-4-7-10-12-14-16-18-20-21-22-23-24-25-26-27-28-30-31-33-35-37-39-44-55(53-61-60)52-59(57-50-48-54(49-51-57)43-9-6-3)58-47-42-41-46-56(58)45-40-38-36-34-32-29-19-17-15-13-11-8-5-2/h36,38,41-42,46-52H,4-35,37,39-40,43-45H2,1-3H3. The molecule has 0 aliphatic carbocycles. The Morgan fingerprint density at radius 2 is 0.885 bits per heavy atom. The molecule has 342 valence electrons. The maximum Gasteiger partial charge on any atom is 0.303 e. The van der Waals surface area contributed by atoms with Crippen molar-refractivity contribution in [1.29, 1.82) is 0 Å². The van der Waals surface area contributed by atoms with Crippen LogP contribution in [-0.4, -0.2) is 10.7 Å². The molecular weight excluding hydrogens is 737 g/mol. The molecule has 0 N–H and O–H groups in total. The van der Waals surface area contributed by atoms with E-state index in [2.05, 4.69) is 98.2 Å². The Kier molecular flexibility index (Phi) is 36.5. The first-order valence-corrected chi connectivity index (χ1v) is 26.7. The lowest BCUT2D eigenvalue weighted by Crippen LogP contribution is -1.98. The molecule has 2 heteroatoms. The van der Waals surface area contributed by atoms with E-state index in [4.69, 9.17) is 0 Å². The third-order valence-electron chi connectivity index (χ3n) is 12.9. The zero-order valence-electron chi connectivity index (χ0n) is 40.6. The molecule has 0 unspecified atom stereocenters. The van der Waals surface area contributed by atoms with E-state index in [1.165, 1.54) is 240 Å². The minimum Gasteiger partial charge on any atom is -0.348 e. The van der Waals surface area contributed by atoms with Gasteiger partial charge in [-0.3, -0.25) is 0 Å². The van der Waals surface area contributed by atoms with Gasteiger partial charge >= 0.3 is 5.87 Å². The van der Waals surface area contributed by atoms with Crippen LogP contribution in [0.4, 0.5) is 0 Å². The van der Waals surface area contributed by atoms with Gasteiger partial charge in [0.25, 0.3) is 0 Å². The van der Waals surface area contributed by atoms with Gasteiger partial charge in [-0.25, -0.2) is 0 Å². The van der Waals surface area contributed by atoms with E-state index < -0.39 is 0 Å². The Balaban J connectivity index is 1.78. The average Bonchev–Trinajstić information content (AvgIpc) is 3.28. The third-order valence-corrected chi connectivity index (χ3v) is 12.9. The molecule has 0 spiro atoms. The van der Waals surface area contributed by atoms with Crippen molar-refractivity contribution in [2.24, 2.45) is 0 Å². The Labute approximate surface area is 379 Å². The fraction of sp³-hybridized carbons (Fsp3) is 0.695. The number of aryl methyl sites for hydroxylation is 2. The van der Waals surface area contributed by atoms with Crippen molar-refractivity contribution in [3.8, 4) is 0 Å². The van der Waals surface area contributed by atoms with Crippen LogP contribution in [0, 0.1) is 0 Å². The third kappa shape index (κ3) is 29.9. The number of unbranched alkanes of at least 4 members (excludes halogenated alkanes) is 31. The van der Waals surface area contributed by atoms with Gasteiger partial charge in [0.15, 0.2) is 0 Å². The van der Waals surface area contributed by atoms with Crippen molar-refractivity contribution in [2.75, 3.05) is 0 Å². The van der Waals surface area contributed by atoms with Crippen LogP contribution in [0.25, 0.3) is 11.1 Å². The normalized spacial score (nSPS) is 11.7. The molecule has 61 heavy (non-hydrogen) atoms. The average molecular weight is 833 g/mol. The van der Waals surface area contributed by atoms with E-state index >= 15 is 0 Å². The Morgan fingerprint density at radius 1 is 0.459 bits per heavy atom. The number of benzene rings is 2. The smallest absolute Gasteiger partial charge is 0.303 e. The molecule has 0 saturated carbocycles. The summed E-state index contributed by atoms with van der Waals surface area (Å²) in [6.07, 6.45) is 57.9. The molecule has 0 saturated heterocycles. The predicted molar refractivity (Wildman–Crippen MR) is 272 cm³/mol. The molecule has 0 aromatic heterocycles. The van der Waals surface area contributed by atoms with Gasteiger partial charge in [-0.1, -0.05) is 274 Å². The van der Waals surface area contributed by atoms with E-state index in [0.717, 1.165) is 37.7 Å². The lowest BCUT2D eigenvalue weighted by molar-refractivity contribution is 0.00746. The molecule has 0 radical (unpaired) electrons. The summed E-state index contributed by atoms with van der Waals surface area (Å²) in [6.45, 7) is 6.86. The van der Waals surface area contributed by atoms with Gasteiger partial charge in [-0.05, 0) is 85.3 Å². The van der Waals surface area contributed by atoms with Crippen molar-refractivity contribution in [3.05, 3.63) is 100 Å². The van der Waals surface area contributed by atoms with E-state index in [1.54, 1.807) is 0 Å². The molecule has 2 nitrogen and oxygen atoms in total. The van der Waals surface area contributed by atoms with Gasteiger partial charge in [0.05, 0.1) is 5.57 Å². The summed E-state index contributed by atoms with van der Waals surface area (Å²) in [5, 5.41) is 0. The van der Waals surface area contributed by atoms with Crippen LogP contribution < -0.4 is 0 Å². The summed E-state index contributed by atoms with van der Waals surface area (Å²) in [6, 6.07) is 18.1. The fourth-order valence-electron chi connectivity index (χ4n) is 8.92. The molecule has 0 aliphatic heterocycles. The minimum absolute atomic E-state index is 0.880. The van der Waals surface area contributed by atoms with Gasteiger partial charge in [0.2, 0.25) is 0 Å². The summed E-state index contributed by atoms with van der Waals surface area (Å²) < 4.78 is 0. The molecule has 0 bridgehead atoms. The Hall–Kier alpha value is -2.92. The van der Waals surface area contributed by atoms with Gasteiger partial charge < -0.3 is 5.53 Å². The highest BCUT2D eigenvalue weighted by Gasteiger charge is 2.13. The lowest BCUT2D eigenvalue weighted by atomic mass is 9.89. The van der Waals surface area contributed by atoms with Crippen LogP contribution in [0.15, 0.2) is 72.3 Å². The van der Waals surface area contributed by atoms with Gasteiger partial charge in [0.1, 0.15) is 0 Å². The maximum atomic E-state index is 9.68. The monoisotopic (exact) mass is 833 g/mol. The zero-order valence-corrected chi connectivity index (χ0v) is 40.6. The largest absolute Gasteiger partial charge is 0.348 e. The van der Waals surface area contributed by atoms with Crippen LogP contribution in [0.3, 0.4) is 0 Å². The molecule has 2 aromatic carbocycles. The number of allylic oxidation sites excluding steroid dienone is 4. The molecular formula is C59H96N2. The first kappa shape index (κ1) is 54.2. The summed E-state index contributed by atoms with van der Waals surface area (Å²) in [5.41, 5.74) is 17.2. The van der Waals surface area contributed by atoms with Crippen LogP contribution >= 0.6 is 0 Å². The van der Waals surface area contributed by atoms with Crippen LogP contribution in [0.5, 0.6) is 0 Å². The summed E-state index contributed by atoms with van der Waals surface area (Å²) >= 11 is 0. The van der Waals surface area contributed by atoms with Crippen molar-refractivity contribution in [2.45, 2.75) is 265 Å². The summed E-state index contributed by atoms with van der Waals surface area (Å²) in [4.78, 5) is 3.43. The molecule has 0 fully saturated rings. The second-order valence-corrected chi connectivity index (χ2v) is 18.6. The number of hydrogen-bond donors (Lipinski definition) is 0. The molecule has 0 aliphatic rings. The first-order valence-electron chi connectivity index (χ1n) is 26.7. The quantitative estimate of drug-likeness (QED) is 0.0160. The zero-order chi connectivity index (χ0) is 43.5. The van der Waals surface area contributed by atoms with Crippen LogP contribution in [0.2, 0.25) is 0 Å². The van der Waals surface area contributed by atoms with Crippen molar-refractivity contribution in [3.63, 3.8) is 0 Å².